The molecule has 2 amide bonds. The van der Waals surface area contributed by atoms with Gasteiger partial charge in [-0.15, -0.1) is 0 Å². The summed E-state index contributed by atoms with van der Waals surface area (Å²) in [6, 6.07) is 11.6. The smallest absolute Gasteiger partial charge is 0.475 e. The van der Waals surface area contributed by atoms with Crippen LogP contribution in [0, 0.1) is 5.82 Å². The van der Waals surface area contributed by atoms with Gasteiger partial charge in [-0.3, -0.25) is 9.59 Å². The number of amides is 2. The number of ether oxygens (including phenoxy) is 2. The molecule has 2 aromatic carbocycles. The predicted octanol–water partition coefficient (Wildman–Crippen LogP) is 2.35. The lowest BCUT2D eigenvalue weighted by atomic mass is 9.85. The molecule has 39 heavy (non-hydrogen) atoms. The Balaban J connectivity index is 0.000000448. The molecule has 5 rings (SSSR count). The van der Waals surface area contributed by atoms with Gasteiger partial charge in [0.2, 0.25) is 12.7 Å². The van der Waals surface area contributed by atoms with Crippen LogP contribution >= 0.6 is 0 Å². The van der Waals surface area contributed by atoms with Gasteiger partial charge in [-0.2, -0.15) is 13.2 Å². The van der Waals surface area contributed by atoms with Crippen molar-refractivity contribution in [2.45, 2.75) is 24.6 Å². The number of carbonyl (C=O) groups excluding carboxylic acids is 2. The van der Waals surface area contributed by atoms with Crippen LogP contribution in [0.25, 0.3) is 0 Å². The van der Waals surface area contributed by atoms with Crippen LogP contribution in [0.2, 0.25) is 0 Å². The molecule has 10 nitrogen and oxygen atoms in total. The first kappa shape index (κ1) is 28.0. The third-order valence-corrected chi connectivity index (χ3v) is 6.74. The van der Waals surface area contributed by atoms with Crippen LogP contribution in [-0.2, 0) is 9.59 Å². The summed E-state index contributed by atoms with van der Waals surface area (Å²) in [5, 5.41) is 13.0. The summed E-state index contributed by atoms with van der Waals surface area (Å²) < 4.78 is 56.2. The molecule has 2 aromatic rings. The molecule has 0 atom stereocenters. The van der Waals surface area contributed by atoms with E-state index in [1.807, 2.05) is 11.0 Å². The summed E-state index contributed by atoms with van der Waals surface area (Å²) >= 11 is 0. The molecule has 0 unspecified atom stereocenters. The van der Waals surface area contributed by atoms with Gasteiger partial charge in [0.1, 0.15) is 11.4 Å². The van der Waals surface area contributed by atoms with Gasteiger partial charge in [0.25, 0.3) is 5.91 Å². The van der Waals surface area contributed by atoms with Crippen LogP contribution in [0.3, 0.4) is 0 Å². The SMILES string of the molecule is O=C(NCCN1CCC2(CC1)C(=O)NCN2c1cccc(F)c1)c1cccc2c1OCO2.O=C(O)C(F)(F)F. The summed E-state index contributed by atoms with van der Waals surface area (Å²) in [7, 11) is 0. The van der Waals surface area contributed by atoms with Crippen molar-refractivity contribution in [1.82, 2.24) is 15.5 Å². The Kier molecular flexibility index (Phi) is 8.14. The number of nitrogens with one attached hydrogen (secondary N) is 2. The monoisotopic (exact) mass is 554 g/mol. The molecule has 0 aromatic heterocycles. The van der Waals surface area contributed by atoms with Crippen molar-refractivity contribution in [3.8, 4) is 11.5 Å². The predicted molar refractivity (Wildman–Crippen MR) is 129 cm³/mol. The summed E-state index contributed by atoms with van der Waals surface area (Å²) in [5.41, 5.74) is 0.520. The number of carboxylic acids is 1. The molecular formula is C25H26F4N4O6. The minimum absolute atomic E-state index is 0.00475. The quantitative estimate of drug-likeness (QED) is 0.482. The van der Waals surface area contributed by atoms with Gasteiger partial charge in [0, 0.05) is 31.9 Å². The van der Waals surface area contributed by atoms with E-state index in [2.05, 4.69) is 15.5 Å². The number of aliphatic carboxylic acids is 1. The molecule has 3 aliphatic rings. The highest BCUT2D eigenvalue weighted by Gasteiger charge is 2.50. The van der Waals surface area contributed by atoms with Crippen LogP contribution in [0.1, 0.15) is 23.2 Å². The van der Waals surface area contributed by atoms with Crippen LogP contribution in [0.4, 0.5) is 23.2 Å². The Labute approximate surface area is 220 Å². The van der Waals surface area contributed by atoms with E-state index in [1.165, 1.54) is 12.1 Å². The number of halogens is 4. The molecule has 210 valence electrons. The van der Waals surface area contributed by atoms with Crippen molar-refractivity contribution in [3.63, 3.8) is 0 Å². The van der Waals surface area contributed by atoms with Gasteiger partial charge in [-0.25, -0.2) is 9.18 Å². The molecule has 14 heteroatoms. The average Bonchev–Trinajstić information content (AvgIpc) is 3.50. The van der Waals surface area contributed by atoms with Gasteiger partial charge in [-0.05, 0) is 43.2 Å². The Morgan fingerprint density at radius 2 is 1.79 bits per heavy atom. The third kappa shape index (κ3) is 6.16. The van der Waals surface area contributed by atoms with Crippen LogP contribution < -0.4 is 25.0 Å². The maximum Gasteiger partial charge on any atom is 0.490 e. The number of carbonyl (C=O) groups is 3. The van der Waals surface area contributed by atoms with Crippen molar-refractivity contribution >= 4 is 23.5 Å². The van der Waals surface area contributed by atoms with Crippen molar-refractivity contribution in [2.24, 2.45) is 0 Å². The minimum atomic E-state index is -5.08. The molecular weight excluding hydrogens is 528 g/mol. The van der Waals surface area contributed by atoms with E-state index in [1.54, 1.807) is 24.3 Å². The van der Waals surface area contributed by atoms with Crippen molar-refractivity contribution in [3.05, 3.63) is 53.8 Å². The number of fused-ring (bicyclic) bond motifs is 1. The first-order chi connectivity index (χ1) is 18.5. The van der Waals surface area contributed by atoms with E-state index >= 15 is 0 Å². The Bertz CT molecular complexity index is 1230. The molecule has 3 N–H and O–H groups in total. The lowest BCUT2D eigenvalue weighted by Gasteiger charge is -2.43. The fraction of sp³-hybridized carbons (Fsp3) is 0.400. The zero-order chi connectivity index (χ0) is 28.2. The number of hydrogen-bond acceptors (Lipinski definition) is 7. The van der Waals surface area contributed by atoms with Crippen LogP contribution in [0.15, 0.2) is 42.5 Å². The highest BCUT2D eigenvalue weighted by Crippen LogP contribution is 2.37. The number of rotatable bonds is 5. The number of anilines is 1. The summed E-state index contributed by atoms with van der Waals surface area (Å²) in [5.74, 6) is -2.21. The molecule has 0 saturated carbocycles. The molecule has 0 radical (unpaired) electrons. The fourth-order valence-corrected chi connectivity index (χ4v) is 4.75. The lowest BCUT2D eigenvalue weighted by molar-refractivity contribution is -0.192. The molecule has 3 heterocycles. The first-order valence-electron chi connectivity index (χ1n) is 12.0. The fourth-order valence-electron chi connectivity index (χ4n) is 4.75. The molecule has 2 saturated heterocycles. The third-order valence-electron chi connectivity index (χ3n) is 6.74. The normalized spacial score (nSPS) is 17.8. The van der Waals surface area contributed by atoms with Crippen molar-refractivity contribution < 1.29 is 46.5 Å². The van der Waals surface area contributed by atoms with E-state index in [-0.39, 0.29) is 24.4 Å². The van der Waals surface area contributed by atoms with Gasteiger partial charge < -0.3 is 35.0 Å². The number of carboxylic acid groups (broad SMARTS) is 1. The van der Waals surface area contributed by atoms with E-state index in [9.17, 15) is 27.2 Å². The molecule has 0 aliphatic carbocycles. The van der Waals surface area contributed by atoms with E-state index in [0.717, 1.165) is 0 Å². The van der Waals surface area contributed by atoms with E-state index in [0.29, 0.717) is 68.4 Å². The largest absolute Gasteiger partial charge is 0.490 e. The Morgan fingerprint density at radius 3 is 2.46 bits per heavy atom. The number of nitrogens with zero attached hydrogens (tertiary/aromatic N) is 2. The maximum atomic E-state index is 13.7. The second kappa shape index (κ2) is 11.4. The van der Waals surface area contributed by atoms with Gasteiger partial charge in [0.05, 0.1) is 12.2 Å². The molecule has 1 spiro atoms. The van der Waals surface area contributed by atoms with Crippen molar-refractivity contribution in [1.29, 1.82) is 0 Å². The summed E-state index contributed by atoms with van der Waals surface area (Å²) in [6.07, 6.45) is -3.80. The topological polar surface area (TPSA) is 120 Å². The van der Waals surface area contributed by atoms with E-state index < -0.39 is 17.7 Å². The molecule has 3 aliphatic heterocycles. The number of likely N-dealkylation sites (tertiary alicyclic amines) is 1. The average molecular weight is 554 g/mol. The van der Waals surface area contributed by atoms with Crippen LogP contribution in [0.5, 0.6) is 11.5 Å². The summed E-state index contributed by atoms with van der Waals surface area (Å²) in [6.45, 7) is 3.09. The standard InChI is InChI=1S/C23H25FN4O4.C2HF3O2/c24-16-3-1-4-17(13-16)28-14-26-22(30)23(28)7-10-27(11-8-23)12-9-25-21(29)18-5-2-6-19-20(18)32-15-31-19;3-2(4,5)1(6)7/h1-6,13H,7-12,14-15H2,(H,25,29)(H,26,30);(H,6,7). The lowest BCUT2D eigenvalue weighted by Crippen LogP contribution is -2.57. The minimum Gasteiger partial charge on any atom is -0.475 e. The Morgan fingerprint density at radius 1 is 1.10 bits per heavy atom. The Hall–Kier alpha value is -4.07. The highest BCUT2D eigenvalue weighted by atomic mass is 19.4. The number of hydrogen-bond donors (Lipinski definition) is 3. The molecule has 2 fully saturated rings. The van der Waals surface area contributed by atoms with Crippen LogP contribution in [-0.4, -0.2) is 79.1 Å². The second-order valence-corrected chi connectivity index (χ2v) is 9.04. The summed E-state index contributed by atoms with van der Waals surface area (Å²) in [4.78, 5) is 38.4. The van der Waals surface area contributed by atoms with Crippen molar-refractivity contribution in [2.75, 3.05) is 44.5 Å². The highest BCUT2D eigenvalue weighted by molar-refractivity contribution is 5.98. The zero-order valence-electron chi connectivity index (χ0n) is 20.6. The van der Waals surface area contributed by atoms with E-state index in [4.69, 9.17) is 19.4 Å². The zero-order valence-corrected chi connectivity index (χ0v) is 20.6. The maximum absolute atomic E-state index is 13.7. The first-order valence-corrected chi connectivity index (χ1v) is 12.0. The number of alkyl halides is 3. The second-order valence-electron chi connectivity index (χ2n) is 9.04. The van der Waals surface area contributed by atoms with Gasteiger partial charge in [-0.1, -0.05) is 12.1 Å². The number of para-hydroxylation sites is 1. The van der Waals surface area contributed by atoms with Gasteiger partial charge >= 0.3 is 12.1 Å². The number of benzene rings is 2. The van der Waals surface area contributed by atoms with Gasteiger partial charge in [0.15, 0.2) is 11.5 Å². The number of piperidine rings is 1. The molecule has 0 bridgehead atoms.